The Morgan fingerprint density at radius 1 is 1.25 bits per heavy atom. The number of fused-ring (bicyclic) bond motifs is 1. The average Bonchev–Trinajstić information content (AvgIpc) is 3.01. The maximum absolute atomic E-state index is 14.4. The summed E-state index contributed by atoms with van der Waals surface area (Å²) in [7, 11) is 0. The minimum atomic E-state index is -1.00. The fourth-order valence-electron chi connectivity index (χ4n) is 5.26. The van der Waals surface area contributed by atoms with Crippen molar-refractivity contribution < 1.29 is 23.8 Å². The number of rotatable bonds is 4. The number of aromatic hydroxyl groups is 1. The van der Waals surface area contributed by atoms with Gasteiger partial charge in [-0.3, -0.25) is 14.5 Å². The normalized spacial score (nSPS) is 17.8. The first-order valence-corrected chi connectivity index (χ1v) is 13.6. The van der Waals surface area contributed by atoms with Crippen molar-refractivity contribution in [2.24, 2.45) is 5.41 Å². The molecule has 2 aliphatic rings. The molecular formula is C30H24BrClFN3O4. The number of para-hydroxylation sites is 2. The van der Waals surface area contributed by atoms with Gasteiger partial charge in [0.15, 0.2) is 17.3 Å². The molecule has 0 spiro atoms. The van der Waals surface area contributed by atoms with Crippen molar-refractivity contribution in [3.05, 3.63) is 86.7 Å². The fourth-order valence-corrected chi connectivity index (χ4v) is 5.95. The standard InChI is InChI=1S/C30H24BrClFN3O4/c1-30(2)14-21-26(24(38)15-30)28(36(25(39)11-12-34)22-7-4-8-23(37)27(22)35-21)17-10-9-16(13-19(17)32)40-29-18(31)5-3-6-20(29)33/h3-10,13,28,35,37H,11,14-15H2,1-2H3. The number of carbonyl (C=O) groups excluding carboxylic acids is 2. The quantitative estimate of drug-likeness (QED) is 0.287. The summed E-state index contributed by atoms with van der Waals surface area (Å²) >= 11 is 10.1. The fraction of sp³-hybridized carbons (Fsp3) is 0.233. The molecule has 7 nitrogen and oxygen atoms in total. The van der Waals surface area contributed by atoms with Crippen LogP contribution in [-0.2, 0) is 9.59 Å². The number of phenols is 1. The Kier molecular flexibility index (Phi) is 7.34. The molecule has 0 saturated carbocycles. The topological polar surface area (TPSA) is 103 Å². The SMILES string of the molecule is CC1(C)CC(=O)C2=C(C1)Nc1c(O)cccc1N(C(=O)CC#N)C2c1ccc(Oc2c(F)cccc2Br)cc1Cl. The maximum Gasteiger partial charge on any atom is 0.242 e. The van der Waals surface area contributed by atoms with E-state index in [4.69, 9.17) is 16.3 Å². The Morgan fingerprint density at radius 2 is 2.00 bits per heavy atom. The zero-order valence-corrected chi connectivity index (χ0v) is 23.9. The molecule has 0 fully saturated rings. The Morgan fingerprint density at radius 3 is 2.70 bits per heavy atom. The van der Waals surface area contributed by atoms with Crippen LogP contribution in [0, 0.1) is 22.6 Å². The molecule has 1 unspecified atom stereocenters. The zero-order chi connectivity index (χ0) is 28.8. The molecule has 5 rings (SSSR count). The summed E-state index contributed by atoms with van der Waals surface area (Å²) in [5.41, 5.74) is 1.48. The largest absolute Gasteiger partial charge is 0.506 e. The lowest BCUT2D eigenvalue weighted by atomic mass is 9.73. The van der Waals surface area contributed by atoms with Crippen LogP contribution >= 0.6 is 27.5 Å². The third-order valence-electron chi connectivity index (χ3n) is 6.91. The number of nitrogens with zero attached hydrogens (tertiary/aromatic N) is 2. The predicted octanol–water partition coefficient (Wildman–Crippen LogP) is 7.80. The summed E-state index contributed by atoms with van der Waals surface area (Å²) in [5.74, 6) is -1.21. The third kappa shape index (κ3) is 5.05. The summed E-state index contributed by atoms with van der Waals surface area (Å²) < 4.78 is 20.6. The Balaban J connectivity index is 1.71. The van der Waals surface area contributed by atoms with E-state index in [2.05, 4.69) is 21.2 Å². The van der Waals surface area contributed by atoms with Crippen LogP contribution < -0.4 is 15.0 Å². The summed E-state index contributed by atoms with van der Waals surface area (Å²) in [4.78, 5) is 28.7. The van der Waals surface area contributed by atoms with Gasteiger partial charge in [-0.05, 0) is 69.7 Å². The molecule has 1 aliphatic heterocycles. The van der Waals surface area contributed by atoms with E-state index < -0.39 is 24.2 Å². The van der Waals surface area contributed by atoms with Crippen molar-refractivity contribution in [3.8, 4) is 23.3 Å². The second-order valence-electron chi connectivity index (χ2n) is 10.5. The highest BCUT2D eigenvalue weighted by Gasteiger charge is 2.44. The number of halogens is 3. The second kappa shape index (κ2) is 10.6. The highest BCUT2D eigenvalue weighted by molar-refractivity contribution is 9.10. The number of ether oxygens (including phenoxy) is 1. The van der Waals surface area contributed by atoms with Gasteiger partial charge in [-0.1, -0.05) is 43.6 Å². The molecule has 0 bridgehead atoms. The zero-order valence-electron chi connectivity index (χ0n) is 21.6. The number of Topliss-reactive ketones (excluding diaryl/α,β-unsaturated/α-hetero) is 1. The van der Waals surface area contributed by atoms with Gasteiger partial charge in [0.25, 0.3) is 0 Å². The summed E-state index contributed by atoms with van der Waals surface area (Å²) in [6.07, 6.45) is 0.236. The summed E-state index contributed by atoms with van der Waals surface area (Å²) in [6, 6.07) is 14.7. The number of benzene rings is 3. The van der Waals surface area contributed by atoms with Crippen LogP contribution in [0.25, 0.3) is 0 Å². The number of anilines is 2. The van der Waals surface area contributed by atoms with Crippen LogP contribution in [0.3, 0.4) is 0 Å². The highest BCUT2D eigenvalue weighted by Crippen LogP contribution is 2.51. The molecule has 40 heavy (non-hydrogen) atoms. The summed E-state index contributed by atoms with van der Waals surface area (Å²) in [6.45, 7) is 3.95. The van der Waals surface area contributed by atoms with Crippen molar-refractivity contribution in [1.82, 2.24) is 0 Å². The molecule has 10 heteroatoms. The molecule has 204 valence electrons. The van der Waals surface area contributed by atoms with Crippen LogP contribution in [0.4, 0.5) is 15.8 Å². The van der Waals surface area contributed by atoms with E-state index in [9.17, 15) is 24.3 Å². The van der Waals surface area contributed by atoms with Gasteiger partial charge >= 0.3 is 0 Å². The van der Waals surface area contributed by atoms with Gasteiger partial charge in [-0.15, -0.1) is 0 Å². The van der Waals surface area contributed by atoms with E-state index in [-0.39, 0.29) is 45.6 Å². The lowest BCUT2D eigenvalue weighted by Gasteiger charge is -2.37. The number of carbonyl (C=O) groups is 2. The lowest BCUT2D eigenvalue weighted by Crippen LogP contribution is -2.39. The van der Waals surface area contributed by atoms with Crippen LogP contribution in [0.1, 0.15) is 44.7 Å². The molecular weight excluding hydrogens is 601 g/mol. The van der Waals surface area contributed by atoms with Gasteiger partial charge in [0.2, 0.25) is 5.91 Å². The van der Waals surface area contributed by atoms with Crippen molar-refractivity contribution >= 4 is 50.6 Å². The van der Waals surface area contributed by atoms with Crippen LogP contribution in [0.2, 0.25) is 5.02 Å². The van der Waals surface area contributed by atoms with Crippen LogP contribution in [-0.4, -0.2) is 16.8 Å². The first kappa shape index (κ1) is 27.7. The number of hydrogen-bond donors (Lipinski definition) is 2. The number of allylic oxidation sites excluding steroid dienone is 1. The van der Waals surface area contributed by atoms with E-state index >= 15 is 0 Å². The second-order valence-corrected chi connectivity index (χ2v) is 11.7. The molecule has 1 amide bonds. The van der Waals surface area contributed by atoms with Crippen molar-refractivity contribution in [2.75, 3.05) is 10.2 Å². The molecule has 2 N–H and O–H groups in total. The first-order chi connectivity index (χ1) is 19.0. The molecule has 0 saturated heterocycles. The molecule has 3 aromatic carbocycles. The van der Waals surface area contributed by atoms with Gasteiger partial charge < -0.3 is 15.2 Å². The highest BCUT2D eigenvalue weighted by atomic mass is 79.9. The van der Waals surface area contributed by atoms with Gasteiger partial charge in [-0.25, -0.2) is 4.39 Å². The average molecular weight is 625 g/mol. The van der Waals surface area contributed by atoms with E-state index in [0.717, 1.165) is 0 Å². The Bertz CT molecular complexity index is 1610. The number of nitrogens with one attached hydrogen (secondary N) is 1. The van der Waals surface area contributed by atoms with Gasteiger partial charge in [-0.2, -0.15) is 5.26 Å². The molecule has 0 radical (unpaired) electrons. The van der Waals surface area contributed by atoms with Crippen molar-refractivity contribution in [3.63, 3.8) is 0 Å². The number of ketones is 1. The maximum atomic E-state index is 14.4. The van der Waals surface area contributed by atoms with E-state index in [1.54, 1.807) is 36.4 Å². The Labute approximate surface area is 243 Å². The smallest absolute Gasteiger partial charge is 0.242 e. The minimum absolute atomic E-state index is 0.0186. The molecule has 1 atom stereocenters. The first-order valence-electron chi connectivity index (χ1n) is 12.5. The number of phenolic OH excluding ortho intramolecular Hbond substituents is 1. The molecule has 0 aromatic heterocycles. The predicted molar refractivity (Wildman–Crippen MR) is 153 cm³/mol. The van der Waals surface area contributed by atoms with E-state index in [1.165, 1.54) is 23.1 Å². The van der Waals surface area contributed by atoms with Gasteiger partial charge in [0.05, 0.1) is 22.3 Å². The van der Waals surface area contributed by atoms with Crippen molar-refractivity contribution in [2.45, 2.75) is 39.2 Å². The van der Waals surface area contributed by atoms with E-state index in [0.29, 0.717) is 33.4 Å². The molecule has 1 heterocycles. The van der Waals surface area contributed by atoms with Crippen molar-refractivity contribution in [1.29, 1.82) is 5.26 Å². The number of nitriles is 1. The van der Waals surface area contributed by atoms with E-state index in [1.807, 2.05) is 19.9 Å². The summed E-state index contributed by atoms with van der Waals surface area (Å²) in [5, 5.41) is 23.6. The Hall–Kier alpha value is -3.87. The monoisotopic (exact) mass is 623 g/mol. The number of hydrogen-bond acceptors (Lipinski definition) is 6. The van der Waals surface area contributed by atoms with Crippen LogP contribution in [0.15, 0.2) is 70.3 Å². The molecule has 1 aliphatic carbocycles. The molecule has 3 aromatic rings. The minimum Gasteiger partial charge on any atom is -0.506 e. The lowest BCUT2D eigenvalue weighted by molar-refractivity contribution is -0.119. The number of amides is 1. The van der Waals surface area contributed by atoms with Gasteiger partial charge in [0.1, 0.15) is 23.6 Å². The third-order valence-corrected chi connectivity index (χ3v) is 7.86. The van der Waals surface area contributed by atoms with Gasteiger partial charge in [0, 0.05) is 22.7 Å². The van der Waals surface area contributed by atoms with Crippen LogP contribution in [0.5, 0.6) is 17.2 Å².